The molecular formula is C9H13NO3S. The van der Waals surface area contributed by atoms with Crippen molar-refractivity contribution in [3.63, 3.8) is 0 Å². The van der Waals surface area contributed by atoms with E-state index in [0.29, 0.717) is 10.6 Å². The molecule has 0 bridgehead atoms. The number of nitrogens with two attached hydrogens (primary N) is 1. The first-order chi connectivity index (χ1) is 6.50. The van der Waals surface area contributed by atoms with Crippen molar-refractivity contribution in [3.8, 4) is 0 Å². The minimum atomic E-state index is -1.64. The highest BCUT2D eigenvalue weighted by molar-refractivity contribution is 7.10. The molecule has 14 heavy (non-hydrogen) atoms. The van der Waals surface area contributed by atoms with Gasteiger partial charge in [-0.15, -0.1) is 11.3 Å². The van der Waals surface area contributed by atoms with Crippen molar-refractivity contribution in [1.82, 2.24) is 0 Å². The Kier molecular flexibility index (Phi) is 3.13. The Morgan fingerprint density at radius 1 is 1.79 bits per heavy atom. The lowest BCUT2D eigenvalue weighted by Gasteiger charge is -2.20. The average molecular weight is 215 g/mol. The van der Waals surface area contributed by atoms with Gasteiger partial charge in [-0.1, -0.05) is 0 Å². The van der Waals surface area contributed by atoms with Crippen molar-refractivity contribution in [1.29, 1.82) is 0 Å². The van der Waals surface area contributed by atoms with Crippen LogP contribution in [0.25, 0.3) is 0 Å². The fraction of sp³-hybridized carbons (Fsp3) is 0.444. The molecule has 1 heterocycles. The average Bonchev–Trinajstić information content (AvgIpc) is 2.52. The lowest BCUT2D eigenvalue weighted by atomic mass is 10.0. The van der Waals surface area contributed by atoms with Crippen LogP contribution in [0.1, 0.15) is 18.7 Å². The second kappa shape index (κ2) is 3.98. The number of anilines is 1. The summed E-state index contributed by atoms with van der Waals surface area (Å²) >= 11 is 1.23. The van der Waals surface area contributed by atoms with Gasteiger partial charge in [-0.2, -0.15) is 0 Å². The quantitative estimate of drug-likeness (QED) is 0.741. The summed E-state index contributed by atoms with van der Waals surface area (Å²) in [7, 11) is 0. The Balaban J connectivity index is 2.95. The monoisotopic (exact) mass is 215 g/mol. The normalized spacial score (nSPS) is 14.8. The van der Waals surface area contributed by atoms with E-state index in [0.717, 1.165) is 0 Å². The third-order valence-electron chi connectivity index (χ3n) is 1.81. The van der Waals surface area contributed by atoms with Crippen molar-refractivity contribution in [2.24, 2.45) is 0 Å². The standard InChI is InChI=1S/C9H13NO3S/c1-3-13-8(11)9(2,12)7-6(10)4-5-14-7/h4-5,12H,3,10H2,1-2H3. The molecule has 1 aromatic rings. The number of carbonyl (C=O) groups is 1. The highest BCUT2D eigenvalue weighted by Crippen LogP contribution is 2.32. The summed E-state index contributed by atoms with van der Waals surface area (Å²) in [4.78, 5) is 11.8. The largest absolute Gasteiger partial charge is 0.464 e. The molecule has 0 aliphatic rings. The zero-order valence-electron chi connectivity index (χ0n) is 8.11. The summed E-state index contributed by atoms with van der Waals surface area (Å²) in [5.74, 6) is -0.672. The number of carbonyl (C=O) groups excluding carboxylic acids is 1. The van der Waals surface area contributed by atoms with Gasteiger partial charge < -0.3 is 15.6 Å². The Morgan fingerprint density at radius 2 is 2.43 bits per heavy atom. The predicted molar refractivity (Wildman–Crippen MR) is 54.9 cm³/mol. The highest BCUT2D eigenvalue weighted by Gasteiger charge is 2.36. The number of ether oxygens (including phenoxy) is 1. The van der Waals surface area contributed by atoms with E-state index in [1.807, 2.05) is 0 Å². The molecule has 1 aromatic heterocycles. The van der Waals surface area contributed by atoms with Gasteiger partial charge in [0.05, 0.1) is 11.5 Å². The lowest BCUT2D eigenvalue weighted by Crippen LogP contribution is -2.33. The van der Waals surface area contributed by atoms with Crippen LogP contribution in [0.15, 0.2) is 11.4 Å². The summed E-state index contributed by atoms with van der Waals surface area (Å²) in [6.07, 6.45) is 0. The van der Waals surface area contributed by atoms with E-state index in [1.54, 1.807) is 18.4 Å². The third-order valence-corrected chi connectivity index (χ3v) is 2.95. The Labute approximate surface area is 86.3 Å². The van der Waals surface area contributed by atoms with E-state index in [1.165, 1.54) is 18.3 Å². The molecule has 0 spiro atoms. The number of hydrogen-bond acceptors (Lipinski definition) is 5. The van der Waals surface area contributed by atoms with E-state index >= 15 is 0 Å². The maximum atomic E-state index is 11.4. The number of aliphatic hydroxyl groups is 1. The number of nitrogen functional groups attached to an aromatic ring is 1. The molecule has 5 heteroatoms. The molecule has 0 aliphatic carbocycles. The summed E-state index contributed by atoms with van der Waals surface area (Å²) in [5, 5.41) is 11.6. The van der Waals surface area contributed by atoms with Gasteiger partial charge in [-0.25, -0.2) is 4.79 Å². The number of thiophene rings is 1. The molecule has 4 nitrogen and oxygen atoms in total. The maximum absolute atomic E-state index is 11.4. The molecule has 0 saturated heterocycles. The first-order valence-electron chi connectivity index (χ1n) is 4.23. The van der Waals surface area contributed by atoms with E-state index in [9.17, 15) is 9.90 Å². The van der Waals surface area contributed by atoms with Crippen LogP contribution in [0.5, 0.6) is 0 Å². The van der Waals surface area contributed by atoms with Gasteiger partial charge in [0.25, 0.3) is 0 Å². The lowest BCUT2D eigenvalue weighted by molar-refractivity contribution is -0.163. The van der Waals surface area contributed by atoms with Crippen molar-refractivity contribution in [2.45, 2.75) is 19.4 Å². The molecule has 0 amide bonds. The van der Waals surface area contributed by atoms with E-state index in [2.05, 4.69) is 0 Å². The van der Waals surface area contributed by atoms with E-state index in [-0.39, 0.29) is 6.61 Å². The van der Waals surface area contributed by atoms with Crippen LogP contribution >= 0.6 is 11.3 Å². The van der Waals surface area contributed by atoms with E-state index < -0.39 is 11.6 Å². The fourth-order valence-corrected chi connectivity index (χ4v) is 1.95. The van der Waals surface area contributed by atoms with Crippen molar-refractivity contribution >= 4 is 23.0 Å². The number of hydrogen-bond donors (Lipinski definition) is 2. The number of rotatable bonds is 3. The van der Waals surface area contributed by atoms with Gasteiger partial charge in [-0.05, 0) is 25.3 Å². The van der Waals surface area contributed by atoms with Crippen molar-refractivity contribution in [3.05, 3.63) is 16.3 Å². The molecule has 1 atom stereocenters. The first kappa shape index (κ1) is 11.0. The third kappa shape index (κ3) is 1.88. The predicted octanol–water partition coefficient (Wildman–Crippen LogP) is 1.10. The molecule has 0 fully saturated rings. The van der Waals surface area contributed by atoms with Crippen molar-refractivity contribution < 1.29 is 14.6 Å². The van der Waals surface area contributed by atoms with Crippen LogP contribution < -0.4 is 5.73 Å². The van der Waals surface area contributed by atoms with Gasteiger partial charge in [0.1, 0.15) is 0 Å². The van der Waals surface area contributed by atoms with Gasteiger partial charge in [0.2, 0.25) is 0 Å². The molecule has 78 valence electrons. The minimum Gasteiger partial charge on any atom is -0.464 e. The molecule has 0 aromatic carbocycles. The topological polar surface area (TPSA) is 72.5 Å². The van der Waals surface area contributed by atoms with Crippen LogP contribution in [0.4, 0.5) is 5.69 Å². The summed E-state index contributed by atoms with van der Waals surface area (Å²) in [6.45, 7) is 3.30. The molecule has 0 saturated carbocycles. The van der Waals surface area contributed by atoms with Gasteiger partial charge in [-0.3, -0.25) is 0 Å². The SMILES string of the molecule is CCOC(=O)C(C)(O)c1sccc1N. The summed E-state index contributed by atoms with van der Waals surface area (Å²) in [6, 6.07) is 1.65. The maximum Gasteiger partial charge on any atom is 0.343 e. The van der Waals surface area contributed by atoms with E-state index in [4.69, 9.17) is 10.5 Å². The van der Waals surface area contributed by atoms with Crippen LogP contribution in [0, 0.1) is 0 Å². The second-order valence-electron chi connectivity index (χ2n) is 3.00. The zero-order chi connectivity index (χ0) is 10.8. The van der Waals surface area contributed by atoms with Crippen molar-refractivity contribution in [2.75, 3.05) is 12.3 Å². The minimum absolute atomic E-state index is 0.236. The first-order valence-corrected chi connectivity index (χ1v) is 5.11. The van der Waals surface area contributed by atoms with Gasteiger partial charge in [0, 0.05) is 5.69 Å². The zero-order valence-corrected chi connectivity index (χ0v) is 8.93. The Morgan fingerprint density at radius 3 is 2.86 bits per heavy atom. The van der Waals surface area contributed by atoms with Gasteiger partial charge in [0.15, 0.2) is 5.60 Å². The molecule has 3 N–H and O–H groups in total. The molecule has 0 aliphatic heterocycles. The Bertz CT molecular complexity index is 333. The summed E-state index contributed by atoms with van der Waals surface area (Å²) < 4.78 is 4.75. The number of esters is 1. The van der Waals surface area contributed by atoms with Crippen LogP contribution in [-0.4, -0.2) is 17.7 Å². The van der Waals surface area contributed by atoms with Crippen LogP contribution in [0.2, 0.25) is 0 Å². The molecule has 1 rings (SSSR count). The van der Waals surface area contributed by atoms with Gasteiger partial charge >= 0.3 is 5.97 Å². The smallest absolute Gasteiger partial charge is 0.343 e. The highest BCUT2D eigenvalue weighted by atomic mass is 32.1. The second-order valence-corrected chi connectivity index (χ2v) is 3.91. The van der Waals surface area contributed by atoms with Crippen LogP contribution in [0.3, 0.4) is 0 Å². The van der Waals surface area contributed by atoms with Crippen LogP contribution in [-0.2, 0) is 15.1 Å². The molecule has 1 unspecified atom stereocenters. The molecule has 0 radical (unpaired) electrons. The Hall–Kier alpha value is -1.07. The fourth-order valence-electron chi connectivity index (χ4n) is 1.08. The molecular weight excluding hydrogens is 202 g/mol. The summed E-state index contributed by atoms with van der Waals surface area (Å²) in [5.41, 5.74) is 4.37.